The third-order valence-electron chi connectivity index (χ3n) is 2.39. The van der Waals surface area contributed by atoms with Gasteiger partial charge in [-0.2, -0.15) is 0 Å². The number of amidine groups is 1. The summed E-state index contributed by atoms with van der Waals surface area (Å²) in [7, 11) is 1.85. The summed E-state index contributed by atoms with van der Waals surface area (Å²) in [6, 6.07) is 4.27. The van der Waals surface area contributed by atoms with E-state index >= 15 is 0 Å². The summed E-state index contributed by atoms with van der Waals surface area (Å²) in [4.78, 5) is 0. The number of nitrogen functional groups attached to an aromatic ring is 1. The van der Waals surface area contributed by atoms with E-state index in [1.165, 1.54) is 23.9 Å². The van der Waals surface area contributed by atoms with Gasteiger partial charge in [0.05, 0.1) is 0 Å². The largest absolute Gasteiger partial charge is 0.384 e. The summed E-state index contributed by atoms with van der Waals surface area (Å²) in [6.07, 6.45) is 1.61. The van der Waals surface area contributed by atoms with E-state index in [0.29, 0.717) is 11.3 Å². The average Bonchev–Trinajstić information content (AvgIpc) is 2.73. The van der Waals surface area contributed by atoms with Crippen molar-refractivity contribution in [1.82, 2.24) is 14.8 Å². The van der Waals surface area contributed by atoms with Crippen LogP contribution in [0.15, 0.2) is 29.7 Å². The number of aromatic nitrogens is 3. The first-order valence-electron chi connectivity index (χ1n) is 5.17. The monoisotopic (exact) mass is 265 g/mol. The van der Waals surface area contributed by atoms with Gasteiger partial charge < -0.3 is 10.3 Å². The van der Waals surface area contributed by atoms with Gasteiger partial charge >= 0.3 is 0 Å². The number of hydrogen-bond acceptors (Lipinski definition) is 4. The molecule has 0 unspecified atom stereocenters. The van der Waals surface area contributed by atoms with Crippen LogP contribution in [0.5, 0.6) is 0 Å². The summed E-state index contributed by atoms with van der Waals surface area (Å²) < 4.78 is 14.9. The van der Waals surface area contributed by atoms with E-state index in [2.05, 4.69) is 10.2 Å². The standard InChI is InChI=1S/C11H12FN5S/c1-17-6-15-16-11(17)18-5-7-2-3-8(12)4-9(7)10(13)14/h2-4,6H,5H2,1H3,(H3,13,14). The van der Waals surface area contributed by atoms with Gasteiger partial charge in [-0.15, -0.1) is 10.2 Å². The van der Waals surface area contributed by atoms with Crippen LogP contribution in [0.1, 0.15) is 11.1 Å². The Morgan fingerprint density at radius 3 is 2.94 bits per heavy atom. The smallest absolute Gasteiger partial charge is 0.191 e. The van der Waals surface area contributed by atoms with Gasteiger partial charge in [-0.1, -0.05) is 17.8 Å². The molecule has 1 aromatic carbocycles. The third-order valence-corrected chi connectivity index (χ3v) is 3.47. The highest BCUT2D eigenvalue weighted by atomic mass is 32.2. The summed E-state index contributed by atoms with van der Waals surface area (Å²) in [5.41, 5.74) is 6.66. The van der Waals surface area contributed by atoms with Crippen LogP contribution in [0.25, 0.3) is 0 Å². The lowest BCUT2D eigenvalue weighted by atomic mass is 10.1. The first-order chi connectivity index (χ1) is 8.58. The summed E-state index contributed by atoms with van der Waals surface area (Å²) in [5.74, 6) is 0.0255. The molecule has 0 fully saturated rings. The Balaban J connectivity index is 2.19. The van der Waals surface area contributed by atoms with Gasteiger partial charge in [-0.3, -0.25) is 5.41 Å². The molecule has 0 bridgehead atoms. The van der Waals surface area contributed by atoms with E-state index in [0.717, 1.165) is 10.7 Å². The Kier molecular flexibility index (Phi) is 3.61. The Labute approximate surface area is 108 Å². The first kappa shape index (κ1) is 12.6. The lowest BCUT2D eigenvalue weighted by molar-refractivity contribution is 0.627. The second kappa shape index (κ2) is 5.18. The van der Waals surface area contributed by atoms with Crippen LogP contribution in [0.3, 0.4) is 0 Å². The van der Waals surface area contributed by atoms with Crippen LogP contribution >= 0.6 is 11.8 Å². The number of thioether (sulfide) groups is 1. The maximum atomic E-state index is 13.1. The quantitative estimate of drug-likeness (QED) is 0.499. The Morgan fingerprint density at radius 2 is 2.33 bits per heavy atom. The van der Waals surface area contributed by atoms with E-state index in [1.807, 2.05) is 7.05 Å². The molecule has 0 spiro atoms. The number of nitrogens with one attached hydrogen (secondary N) is 1. The zero-order valence-electron chi connectivity index (χ0n) is 9.72. The minimum Gasteiger partial charge on any atom is -0.384 e. The Bertz CT molecular complexity index is 581. The van der Waals surface area contributed by atoms with Crippen LogP contribution in [0, 0.1) is 11.2 Å². The molecule has 0 radical (unpaired) electrons. The molecule has 94 valence electrons. The highest BCUT2D eigenvalue weighted by Crippen LogP contribution is 2.22. The van der Waals surface area contributed by atoms with Crippen molar-refractivity contribution >= 4 is 17.6 Å². The van der Waals surface area contributed by atoms with Crippen LogP contribution in [-0.4, -0.2) is 20.6 Å². The van der Waals surface area contributed by atoms with Gasteiger partial charge in [-0.05, 0) is 17.7 Å². The number of nitrogens with two attached hydrogens (primary N) is 1. The van der Waals surface area contributed by atoms with Crippen molar-refractivity contribution in [2.75, 3.05) is 0 Å². The predicted octanol–water partition coefficient (Wildman–Crippen LogP) is 1.53. The lowest BCUT2D eigenvalue weighted by Crippen LogP contribution is -2.14. The van der Waals surface area contributed by atoms with Gasteiger partial charge in [0.15, 0.2) is 5.16 Å². The van der Waals surface area contributed by atoms with Gasteiger partial charge in [0.1, 0.15) is 18.0 Å². The van der Waals surface area contributed by atoms with Crippen LogP contribution in [0.2, 0.25) is 0 Å². The molecule has 2 rings (SSSR count). The molecule has 5 nitrogen and oxygen atoms in total. The van der Waals surface area contributed by atoms with Crippen LogP contribution in [0.4, 0.5) is 4.39 Å². The fourth-order valence-corrected chi connectivity index (χ4v) is 2.36. The van der Waals surface area contributed by atoms with E-state index in [-0.39, 0.29) is 5.84 Å². The summed E-state index contributed by atoms with van der Waals surface area (Å²) in [5, 5.41) is 15.9. The fraction of sp³-hybridized carbons (Fsp3) is 0.182. The number of rotatable bonds is 4. The average molecular weight is 265 g/mol. The zero-order chi connectivity index (χ0) is 13.1. The molecule has 0 atom stereocenters. The lowest BCUT2D eigenvalue weighted by Gasteiger charge is -2.07. The molecule has 2 aromatic rings. The highest BCUT2D eigenvalue weighted by molar-refractivity contribution is 7.98. The number of benzene rings is 1. The molecule has 18 heavy (non-hydrogen) atoms. The summed E-state index contributed by atoms with van der Waals surface area (Å²) >= 11 is 1.46. The third kappa shape index (κ3) is 2.67. The molecule has 0 aliphatic rings. The molecular formula is C11H12FN5S. The normalized spacial score (nSPS) is 10.6. The van der Waals surface area contributed by atoms with Crippen molar-refractivity contribution in [2.45, 2.75) is 10.9 Å². The first-order valence-corrected chi connectivity index (χ1v) is 6.16. The van der Waals surface area contributed by atoms with E-state index < -0.39 is 5.82 Å². The van der Waals surface area contributed by atoms with Crippen LogP contribution in [-0.2, 0) is 12.8 Å². The number of hydrogen-bond donors (Lipinski definition) is 2. The predicted molar refractivity (Wildman–Crippen MR) is 68.0 cm³/mol. The Hall–Kier alpha value is -1.89. The molecule has 7 heteroatoms. The van der Waals surface area contributed by atoms with Crippen molar-refractivity contribution in [2.24, 2.45) is 12.8 Å². The molecule has 1 heterocycles. The minimum absolute atomic E-state index is 0.136. The van der Waals surface area contributed by atoms with Gasteiger partial charge in [0.2, 0.25) is 0 Å². The topological polar surface area (TPSA) is 80.6 Å². The zero-order valence-corrected chi connectivity index (χ0v) is 10.5. The second-order valence-corrected chi connectivity index (χ2v) is 4.67. The molecular weight excluding hydrogens is 253 g/mol. The molecule has 1 aromatic heterocycles. The number of halogens is 1. The molecule has 0 aliphatic heterocycles. The number of aryl methyl sites for hydroxylation is 1. The van der Waals surface area contributed by atoms with Crippen molar-refractivity contribution in [1.29, 1.82) is 5.41 Å². The van der Waals surface area contributed by atoms with Crippen molar-refractivity contribution < 1.29 is 4.39 Å². The number of nitrogens with zero attached hydrogens (tertiary/aromatic N) is 3. The van der Waals surface area contributed by atoms with Crippen molar-refractivity contribution in [3.8, 4) is 0 Å². The second-order valence-electron chi connectivity index (χ2n) is 3.73. The van der Waals surface area contributed by atoms with E-state index in [1.54, 1.807) is 17.0 Å². The fourth-order valence-electron chi connectivity index (χ4n) is 1.47. The molecule has 0 saturated heterocycles. The van der Waals surface area contributed by atoms with E-state index in [9.17, 15) is 4.39 Å². The molecule has 0 saturated carbocycles. The van der Waals surface area contributed by atoms with Crippen molar-refractivity contribution in [3.05, 3.63) is 41.5 Å². The minimum atomic E-state index is -0.396. The van der Waals surface area contributed by atoms with Gasteiger partial charge in [-0.25, -0.2) is 4.39 Å². The van der Waals surface area contributed by atoms with Crippen LogP contribution < -0.4 is 5.73 Å². The molecule has 0 amide bonds. The molecule has 3 N–H and O–H groups in total. The van der Waals surface area contributed by atoms with Gasteiger partial charge in [0.25, 0.3) is 0 Å². The highest BCUT2D eigenvalue weighted by Gasteiger charge is 2.09. The summed E-state index contributed by atoms with van der Waals surface area (Å²) in [6.45, 7) is 0. The maximum absolute atomic E-state index is 13.1. The maximum Gasteiger partial charge on any atom is 0.191 e. The van der Waals surface area contributed by atoms with Crippen molar-refractivity contribution in [3.63, 3.8) is 0 Å². The molecule has 0 aliphatic carbocycles. The Morgan fingerprint density at radius 1 is 1.56 bits per heavy atom. The van der Waals surface area contributed by atoms with Gasteiger partial charge in [0, 0.05) is 18.4 Å². The van der Waals surface area contributed by atoms with E-state index in [4.69, 9.17) is 11.1 Å². The SMILES string of the molecule is Cn1cnnc1SCc1ccc(F)cc1C(=N)N.